The summed E-state index contributed by atoms with van der Waals surface area (Å²) in [5.41, 5.74) is 4.67. The molecule has 0 bridgehead atoms. The number of anilines is 1. The van der Waals surface area contributed by atoms with Gasteiger partial charge in [0.05, 0.1) is 21.1 Å². The van der Waals surface area contributed by atoms with Crippen molar-refractivity contribution >= 4 is 40.5 Å². The highest BCUT2D eigenvalue weighted by atomic mass is 32.1. The number of amides is 2. The third-order valence-electron chi connectivity index (χ3n) is 4.25. The van der Waals surface area contributed by atoms with Crippen LogP contribution < -0.4 is 15.8 Å². The van der Waals surface area contributed by atoms with Crippen LogP contribution in [0.3, 0.4) is 0 Å². The van der Waals surface area contributed by atoms with Gasteiger partial charge < -0.3 is 9.64 Å². The van der Waals surface area contributed by atoms with Crippen molar-refractivity contribution < 1.29 is 24.0 Å². The fourth-order valence-electron chi connectivity index (χ4n) is 2.88. The topological polar surface area (TPSA) is 131 Å². The number of nitro benzene ring substituents is 1. The first kappa shape index (κ1) is 20.3. The lowest BCUT2D eigenvalue weighted by atomic mass is 10.1. The van der Waals surface area contributed by atoms with Crippen LogP contribution in [-0.2, 0) is 9.53 Å². The molecule has 1 aromatic heterocycles. The normalized spacial score (nSPS) is 13.0. The van der Waals surface area contributed by atoms with Crippen molar-refractivity contribution in [2.75, 3.05) is 24.6 Å². The lowest BCUT2D eigenvalue weighted by Crippen LogP contribution is -2.43. The van der Waals surface area contributed by atoms with Crippen LogP contribution in [0.5, 0.6) is 0 Å². The van der Waals surface area contributed by atoms with Crippen LogP contribution in [0.15, 0.2) is 35.7 Å². The molecule has 10 nitrogen and oxygen atoms in total. The summed E-state index contributed by atoms with van der Waals surface area (Å²) in [7, 11) is 0. The van der Waals surface area contributed by atoms with E-state index < -0.39 is 29.3 Å². The maximum atomic E-state index is 12.5. The average molecular weight is 418 g/mol. The second-order valence-corrected chi connectivity index (χ2v) is 7.16. The van der Waals surface area contributed by atoms with Crippen molar-refractivity contribution in [2.24, 2.45) is 0 Å². The smallest absolute Gasteiger partial charge is 0.341 e. The lowest BCUT2D eigenvalue weighted by molar-refractivity contribution is -0.384. The molecule has 0 radical (unpaired) electrons. The first-order chi connectivity index (χ1) is 14.0. The van der Waals surface area contributed by atoms with Gasteiger partial charge in [-0.05, 0) is 30.4 Å². The number of carbonyl (C=O) groups excluding carboxylic acids is 3. The first-order valence-electron chi connectivity index (χ1n) is 8.79. The highest BCUT2D eigenvalue weighted by molar-refractivity contribution is 7.12. The van der Waals surface area contributed by atoms with Gasteiger partial charge in [0.15, 0.2) is 6.61 Å². The number of hydrogen-bond acceptors (Lipinski definition) is 8. The molecule has 1 fully saturated rings. The van der Waals surface area contributed by atoms with Crippen molar-refractivity contribution in [3.8, 4) is 0 Å². The summed E-state index contributed by atoms with van der Waals surface area (Å²) < 4.78 is 5.00. The van der Waals surface area contributed by atoms with Crippen LogP contribution in [0, 0.1) is 10.1 Å². The molecule has 2 heterocycles. The van der Waals surface area contributed by atoms with Crippen molar-refractivity contribution in [2.45, 2.75) is 12.8 Å². The largest absolute Gasteiger partial charge is 0.452 e. The standard InChI is InChI=1S/C18H18N4O6S/c23-16(19-20-17(24)15-4-3-9-29-15)11-28-18(25)13-10-12(22(26)27)5-6-14(13)21-7-1-2-8-21/h3-6,9-10H,1-2,7-8,11H2,(H,19,23)(H,20,24). The highest BCUT2D eigenvalue weighted by Crippen LogP contribution is 2.28. The maximum absolute atomic E-state index is 12.5. The number of non-ortho nitro benzene ring substituents is 1. The van der Waals surface area contributed by atoms with Crippen molar-refractivity contribution in [3.05, 3.63) is 56.3 Å². The zero-order chi connectivity index (χ0) is 20.8. The molecule has 0 saturated carbocycles. The lowest BCUT2D eigenvalue weighted by Gasteiger charge is -2.20. The molecule has 1 saturated heterocycles. The summed E-state index contributed by atoms with van der Waals surface area (Å²) in [6.45, 7) is 0.812. The third-order valence-corrected chi connectivity index (χ3v) is 5.12. The van der Waals surface area contributed by atoms with Gasteiger partial charge in [-0.1, -0.05) is 6.07 Å². The Bertz CT molecular complexity index is 924. The minimum atomic E-state index is -0.852. The molecule has 0 aliphatic carbocycles. The highest BCUT2D eigenvalue weighted by Gasteiger charge is 2.24. The van der Waals surface area contributed by atoms with Gasteiger partial charge in [-0.25, -0.2) is 4.79 Å². The van der Waals surface area contributed by atoms with Gasteiger partial charge in [0.25, 0.3) is 17.5 Å². The van der Waals surface area contributed by atoms with E-state index in [4.69, 9.17) is 4.74 Å². The third kappa shape index (κ3) is 5.08. The summed E-state index contributed by atoms with van der Waals surface area (Å²) in [5.74, 6) is -2.08. The number of hydrogen-bond donors (Lipinski definition) is 2. The van der Waals surface area contributed by atoms with Gasteiger partial charge in [-0.2, -0.15) is 0 Å². The van der Waals surface area contributed by atoms with Crippen LogP contribution in [0.1, 0.15) is 32.9 Å². The Labute approximate surface area is 169 Å². The van der Waals surface area contributed by atoms with E-state index in [1.165, 1.54) is 23.5 Å². The molecular weight excluding hydrogens is 400 g/mol. The number of benzene rings is 1. The summed E-state index contributed by atoms with van der Waals surface area (Å²) in [6.07, 6.45) is 1.91. The van der Waals surface area contributed by atoms with E-state index in [1.54, 1.807) is 17.5 Å². The predicted molar refractivity (Wildman–Crippen MR) is 105 cm³/mol. The number of thiophene rings is 1. The minimum Gasteiger partial charge on any atom is -0.452 e. The van der Waals surface area contributed by atoms with Crippen molar-refractivity contribution in [1.29, 1.82) is 0 Å². The van der Waals surface area contributed by atoms with E-state index in [-0.39, 0.29) is 11.3 Å². The number of esters is 1. The Hall–Kier alpha value is -3.47. The number of nitrogens with one attached hydrogen (secondary N) is 2. The number of nitrogens with zero attached hydrogens (tertiary/aromatic N) is 2. The van der Waals surface area contributed by atoms with Crippen molar-refractivity contribution in [3.63, 3.8) is 0 Å². The Balaban J connectivity index is 1.61. The molecule has 152 valence electrons. The van der Waals surface area contributed by atoms with E-state index in [9.17, 15) is 24.5 Å². The van der Waals surface area contributed by atoms with Gasteiger partial charge in [0, 0.05) is 25.2 Å². The summed E-state index contributed by atoms with van der Waals surface area (Å²) in [4.78, 5) is 48.9. The minimum absolute atomic E-state index is 0.0246. The molecule has 11 heteroatoms. The van der Waals surface area contributed by atoms with E-state index in [1.807, 2.05) is 4.90 Å². The Morgan fingerprint density at radius 2 is 1.93 bits per heavy atom. The fourth-order valence-corrected chi connectivity index (χ4v) is 3.49. The second-order valence-electron chi connectivity index (χ2n) is 6.21. The van der Waals surface area contributed by atoms with E-state index >= 15 is 0 Å². The molecule has 1 aliphatic heterocycles. The molecule has 29 heavy (non-hydrogen) atoms. The van der Waals surface area contributed by atoms with Crippen LogP contribution in [0.2, 0.25) is 0 Å². The van der Waals surface area contributed by atoms with E-state index in [0.29, 0.717) is 10.6 Å². The van der Waals surface area contributed by atoms with Gasteiger partial charge in [-0.15, -0.1) is 11.3 Å². The molecule has 0 spiro atoms. The molecule has 2 amide bonds. The predicted octanol–water partition coefficient (Wildman–Crippen LogP) is 1.87. The van der Waals surface area contributed by atoms with E-state index in [2.05, 4.69) is 10.9 Å². The molecule has 0 unspecified atom stereocenters. The Morgan fingerprint density at radius 1 is 1.17 bits per heavy atom. The number of hydrazine groups is 1. The quantitative estimate of drug-likeness (QED) is 0.416. The number of rotatable bonds is 6. The Kier molecular flexibility index (Phi) is 6.39. The number of nitro groups is 1. The maximum Gasteiger partial charge on any atom is 0.341 e. The zero-order valence-electron chi connectivity index (χ0n) is 15.3. The second kappa shape index (κ2) is 9.15. The van der Waals surface area contributed by atoms with Gasteiger partial charge >= 0.3 is 5.97 Å². The molecule has 2 N–H and O–H groups in total. The molecule has 1 aliphatic rings. The molecule has 1 aromatic carbocycles. The summed E-state index contributed by atoms with van der Waals surface area (Å²) >= 11 is 1.21. The van der Waals surface area contributed by atoms with Gasteiger partial charge in [0.1, 0.15) is 0 Å². The van der Waals surface area contributed by atoms with Gasteiger partial charge in [-0.3, -0.25) is 30.6 Å². The molecule has 2 aromatic rings. The van der Waals surface area contributed by atoms with Crippen LogP contribution in [-0.4, -0.2) is 42.4 Å². The van der Waals surface area contributed by atoms with Gasteiger partial charge in [0.2, 0.25) is 0 Å². The van der Waals surface area contributed by atoms with Crippen LogP contribution in [0.4, 0.5) is 11.4 Å². The van der Waals surface area contributed by atoms with Crippen molar-refractivity contribution in [1.82, 2.24) is 10.9 Å². The fraction of sp³-hybridized carbons (Fsp3) is 0.278. The van der Waals surface area contributed by atoms with Crippen LogP contribution in [0.25, 0.3) is 0 Å². The first-order valence-corrected chi connectivity index (χ1v) is 9.67. The molecule has 3 rings (SSSR count). The van der Waals surface area contributed by atoms with E-state index in [0.717, 1.165) is 32.0 Å². The average Bonchev–Trinajstić information content (AvgIpc) is 3.43. The number of ether oxygens (including phenoxy) is 1. The monoisotopic (exact) mass is 418 g/mol. The Morgan fingerprint density at radius 3 is 2.59 bits per heavy atom. The zero-order valence-corrected chi connectivity index (χ0v) is 16.1. The summed E-state index contributed by atoms with van der Waals surface area (Å²) in [6, 6.07) is 7.28. The SMILES string of the molecule is O=C(COC(=O)c1cc([N+](=O)[O-])ccc1N1CCCC1)NNC(=O)c1cccs1. The molecular formula is C18H18N4O6S. The molecule has 0 atom stereocenters. The summed E-state index contributed by atoms with van der Waals surface area (Å²) in [5, 5.41) is 12.8. The van der Waals surface area contributed by atoms with Crippen LogP contribution >= 0.6 is 11.3 Å². The number of carbonyl (C=O) groups is 3.